The second-order valence-electron chi connectivity index (χ2n) is 6.45. The van der Waals surface area contributed by atoms with Gasteiger partial charge in [-0.2, -0.15) is 0 Å². The molecule has 1 aromatic carbocycles. The number of nitrogens with one attached hydrogen (secondary N) is 2. The lowest BCUT2D eigenvalue weighted by molar-refractivity contribution is -0.150. The topological polar surface area (TPSA) is 129 Å². The van der Waals surface area contributed by atoms with Gasteiger partial charge in [0.15, 0.2) is 0 Å². The maximum atomic E-state index is 12.6. The van der Waals surface area contributed by atoms with Gasteiger partial charge in [-0.1, -0.05) is 0 Å². The first kappa shape index (κ1) is 20.7. The van der Waals surface area contributed by atoms with Crippen molar-refractivity contribution in [2.24, 2.45) is 0 Å². The molecule has 2 heterocycles. The maximum absolute atomic E-state index is 12.6. The molecule has 0 unspecified atom stereocenters. The van der Waals surface area contributed by atoms with Crippen LogP contribution in [0.15, 0.2) is 29.2 Å². The number of methoxy groups -OCH3 is 1. The predicted octanol–water partition coefficient (Wildman–Crippen LogP) is -0.352. The van der Waals surface area contributed by atoms with Crippen LogP contribution in [-0.2, 0) is 38.6 Å². The van der Waals surface area contributed by atoms with E-state index in [1.807, 2.05) is 0 Å². The Labute approximate surface area is 162 Å². The Morgan fingerprint density at radius 3 is 2.46 bits per heavy atom. The van der Waals surface area contributed by atoms with Crippen LogP contribution in [0.1, 0.15) is 6.92 Å². The molecule has 1 aromatic rings. The van der Waals surface area contributed by atoms with E-state index in [0.717, 1.165) is 0 Å². The van der Waals surface area contributed by atoms with E-state index in [1.165, 1.54) is 38.3 Å². The first-order chi connectivity index (χ1) is 13.3. The summed E-state index contributed by atoms with van der Waals surface area (Å²) in [5.41, 5.74) is 0.500. The van der Waals surface area contributed by atoms with E-state index in [1.54, 1.807) is 0 Å². The first-order valence-corrected chi connectivity index (χ1v) is 10.1. The minimum atomic E-state index is -3.81. The van der Waals surface area contributed by atoms with Crippen molar-refractivity contribution in [3.05, 3.63) is 24.3 Å². The number of amides is 1. The van der Waals surface area contributed by atoms with Gasteiger partial charge < -0.3 is 24.3 Å². The number of anilines is 1. The SMILES string of the molecule is COC(=O)CO[C@@H]1CO[C@H]2[C@H]1OC[C@H]2NS(=O)(=O)c1ccc(NC(C)=O)cc1. The molecule has 0 aromatic heterocycles. The Balaban J connectivity index is 1.61. The highest BCUT2D eigenvalue weighted by atomic mass is 32.2. The van der Waals surface area contributed by atoms with Crippen molar-refractivity contribution in [2.75, 3.05) is 32.2 Å². The van der Waals surface area contributed by atoms with Gasteiger partial charge in [-0.05, 0) is 24.3 Å². The summed E-state index contributed by atoms with van der Waals surface area (Å²) in [5.74, 6) is -0.758. The third-order valence-corrected chi connectivity index (χ3v) is 5.95. The average molecular weight is 414 g/mol. The van der Waals surface area contributed by atoms with Gasteiger partial charge in [0.05, 0.1) is 31.3 Å². The summed E-state index contributed by atoms with van der Waals surface area (Å²) in [6, 6.07) is 5.23. The Kier molecular flexibility index (Phi) is 6.30. The lowest BCUT2D eigenvalue weighted by Gasteiger charge is -2.18. The van der Waals surface area contributed by atoms with Crippen molar-refractivity contribution < 1.29 is 37.0 Å². The van der Waals surface area contributed by atoms with E-state index >= 15 is 0 Å². The third-order valence-electron chi connectivity index (χ3n) is 4.44. The lowest BCUT2D eigenvalue weighted by Crippen LogP contribution is -2.44. The molecule has 0 aliphatic carbocycles. The van der Waals surface area contributed by atoms with Crippen LogP contribution in [0.5, 0.6) is 0 Å². The van der Waals surface area contributed by atoms with Gasteiger partial charge in [0.2, 0.25) is 15.9 Å². The molecule has 2 saturated heterocycles. The molecule has 28 heavy (non-hydrogen) atoms. The van der Waals surface area contributed by atoms with Crippen molar-refractivity contribution in [3.63, 3.8) is 0 Å². The molecule has 4 atom stereocenters. The van der Waals surface area contributed by atoms with E-state index in [0.29, 0.717) is 5.69 Å². The van der Waals surface area contributed by atoms with E-state index in [2.05, 4.69) is 14.8 Å². The largest absolute Gasteiger partial charge is 0.467 e. The zero-order valence-electron chi connectivity index (χ0n) is 15.4. The molecule has 3 rings (SSSR count). The van der Waals surface area contributed by atoms with Crippen molar-refractivity contribution in [2.45, 2.75) is 36.2 Å². The summed E-state index contributed by atoms with van der Waals surface area (Å²) in [6.07, 6.45) is -1.47. The molecular weight excluding hydrogens is 392 g/mol. The van der Waals surface area contributed by atoms with Gasteiger partial charge >= 0.3 is 5.97 Å². The third kappa shape index (κ3) is 4.67. The Bertz CT molecular complexity index is 826. The zero-order chi connectivity index (χ0) is 20.3. The fourth-order valence-electron chi connectivity index (χ4n) is 3.13. The molecule has 0 saturated carbocycles. The number of rotatable bonds is 7. The summed E-state index contributed by atoms with van der Waals surface area (Å²) in [7, 11) is -2.55. The van der Waals surface area contributed by atoms with E-state index in [9.17, 15) is 18.0 Å². The summed E-state index contributed by atoms with van der Waals surface area (Å²) >= 11 is 0. The highest BCUT2D eigenvalue weighted by Crippen LogP contribution is 2.30. The summed E-state index contributed by atoms with van der Waals surface area (Å²) in [6.45, 7) is 1.45. The minimum Gasteiger partial charge on any atom is -0.467 e. The van der Waals surface area contributed by atoms with Crippen LogP contribution in [0.3, 0.4) is 0 Å². The van der Waals surface area contributed by atoms with E-state index in [-0.39, 0.29) is 30.6 Å². The summed E-state index contributed by atoms with van der Waals surface area (Å²) in [4.78, 5) is 22.3. The van der Waals surface area contributed by atoms with Gasteiger partial charge in [-0.15, -0.1) is 0 Å². The number of fused-ring (bicyclic) bond motifs is 1. The number of hydrogen-bond donors (Lipinski definition) is 2. The molecule has 2 aliphatic heterocycles. The molecule has 2 aliphatic rings. The van der Waals surface area contributed by atoms with Gasteiger partial charge in [-0.3, -0.25) is 4.79 Å². The molecule has 0 spiro atoms. The molecule has 2 fully saturated rings. The Morgan fingerprint density at radius 1 is 1.14 bits per heavy atom. The second kappa shape index (κ2) is 8.53. The number of hydrogen-bond acceptors (Lipinski definition) is 8. The normalized spacial score (nSPS) is 26.6. The highest BCUT2D eigenvalue weighted by Gasteiger charge is 2.49. The highest BCUT2D eigenvalue weighted by molar-refractivity contribution is 7.89. The van der Waals surface area contributed by atoms with Crippen molar-refractivity contribution in [1.82, 2.24) is 4.72 Å². The summed E-state index contributed by atoms with van der Waals surface area (Å²) < 4.78 is 49.1. The smallest absolute Gasteiger partial charge is 0.331 e. The molecular formula is C17H22N2O8S. The number of esters is 1. The average Bonchev–Trinajstić information content (AvgIpc) is 3.22. The molecule has 10 nitrogen and oxygen atoms in total. The molecule has 0 radical (unpaired) electrons. The molecule has 11 heteroatoms. The van der Waals surface area contributed by atoms with Crippen molar-refractivity contribution >= 4 is 27.6 Å². The van der Waals surface area contributed by atoms with E-state index < -0.39 is 40.3 Å². The first-order valence-electron chi connectivity index (χ1n) is 8.62. The molecule has 0 bridgehead atoms. The Hall–Kier alpha value is -2.05. The summed E-state index contributed by atoms with van der Waals surface area (Å²) in [5, 5.41) is 2.57. The van der Waals surface area contributed by atoms with Gasteiger partial charge in [0.25, 0.3) is 0 Å². The fraction of sp³-hybridized carbons (Fsp3) is 0.529. The number of ether oxygens (including phenoxy) is 4. The van der Waals surface area contributed by atoms with Gasteiger partial charge in [0.1, 0.15) is 24.9 Å². The van der Waals surface area contributed by atoms with Crippen LogP contribution < -0.4 is 10.0 Å². The molecule has 154 valence electrons. The van der Waals surface area contributed by atoms with E-state index in [4.69, 9.17) is 14.2 Å². The van der Waals surface area contributed by atoms with Crippen LogP contribution in [-0.4, -0.2) is 71.6 Å². The molecule has 1 amide bonds. The second-order valence-corrected chi connectivity index (χ2v) is 8.17. The van der Waals surface area contributed by atoms with Crippen molar-refractivity contribution in [1.29, 1.82) is 0 Å². The minimum absolute atomic E-state index is 0.0570. The van der Waals surface area contributed by atoms with Crippen LogP contribution in [0.4, 0.5) is 5.69 Å². The lowest BCUT2D eigenvalue weighted by atomic mass is 10.1. The van der Waals surface area contributed by atoms with Crippen LogP contribution in [0, 0.1) is 0 Å². The zero-order valence-corrected chi connectivity index (χ0v) is 16.2. The van der Waals surface area contributed by atoms with Crippen LogP contribution in [0.2, 0.25) is 0 Å². The van der Waals surface area contributed by atoms with Gasteiger partial charge in [-0.25, -0.2) is 17.9 Å². The quantitative estimate of drug-likeness (QED) is 0.579. The number of carbonyl (C=O) groups excluding carboxylic acids is 2. The number of carbonyl (C=O) groups is 2. The maximum Gasteiger partial charge on any atom is 0.331 e. The Morgan fingerprint density at radius 2 is 1.82 bits per heavy atom. The monoisotopic (exact) mass is 414 g/mol. The van der Waals surface area contributed by atoms with Crippen LogP contribution >= 0.6 is 0 Å². The number of sulfonamides is 1. The van der Waals surface area contributed by atoms with Crippen LogP contribution in [0.25, 0.3) is 0 Å². The standard InChI is InChI=1S/C17H22N2O8S/c1-10(20)18-11-3-5-12(6-4-11)28(22,23)19-13-7-26-17-14(8-27-16(13)17)25-9-15(21)24-2/h3-6,13-14,16-17,19H,7-9H2,1-2H3,(H,18,20)/t13-,14-,16-,17+/m1/s1. The van der Waals surface area contributed by atoms with Crippen molar-refractivity contribution in [3.8, 4) is 0 Å². The van der Waals surface area contributed by atoms with Gasteiger partial charge in [0, 0.05) is 12.6 Å². The number of benzene rings is 1. The predicted molar refractivity (Wildman–Crippen MR) is 96.1 cm³/mol. The molecule has 2 N–H and O–H groups in total. The fourth-order valence-corrected chi connectivity index (χ4v) is 4.36.